The number of unbranched alkanes of at least 4 members (excludes halogenated alkanes) is 18. The van der Waals surface area contributed by atoms with Crippen LogP contribution in [0.2, 0.25) is 0 Å². The molecule has 0 atom stereocenters. The molecule has 0 aromatic carbocycles. The number of aromatic nitrogens is 2. The third kappa shape index (κ3) is 15.7. The van der Waals surface area contributed by atoms with Gasteiger partial charge in [-0.05, 0) is 94.0 Å². The SMILES string of the molecule is CCCCCCCCCCC/C=C/c1nc(-c2ccc(Br)c(/C=C/CCCCCCCCCCC)n2)ccc1Br. The predicted molar refractivity (Wildman–Crippen MR) is 185 cm³/mol. The van der Waals surface area contributed by atoms with Gasteiger partial charge in [0.25, 0.3) is 0 Å². The highest BCUT2D eigenvalue weighted by Crippen LogP contribution is 2.26. The monoisotopic (exact) mass is 672 g/mol. The fraction of sp³-hybridized carbons (Fsp3) is 0.611. The van der Waals surface area contributed by atoms with Gasteiger partial charge in [0.2, 0.25) is 0 Å². The molecule has 0 saturated heterocycles. The molecule has 0 aliphatic rings. The molecule has 2 aromatic heterocycles. The van der Waals surface area contributed by atoms with Crippen molar-refractivity contribution >= 4 is 44.0 Å². The van der Waals surface area contributed by atoms with Crippen LogP contribution in [0.3, 0.4) is 0 Å². The number of hydrogen-bond acceptors (Lipinski definition) is 2. The molecule has 0 aliphatic heterocycles. The van der Waals surface area contributed by atoms with E-state index in [1.807, 2.05) is 12.1 Å². The third-order valence-corrected chi connectivity index (χ3v) is 8.85. The second-order valence-electron chi connectivity index (χ2n) is 11.2. The molecule has 0 amide bonds. The van der Waals surface area contributed by atoms with E-state index >= 15 is 0 Å². The Morgan fingerprint density at radius 3 is 1.15 bits per heavy atom. The number of pyridine rings is 2. The van der Waals surface area contributed by atoms with Gasteiger partial charge in [-0.3, -0.25) is 0 Å². The molecule has 2 rings (SSSR count). The molecule has 0 unspecified atom stereocenters. The summed E-state index contributed by atoms with van der Waals surface area (Å²) in [6.45, 7) is 4.56. The highest BCUT2D eigenvalue weighted by atomic mass is 79.9. The third-order valence-electron chi connectivity index (χ3n) is 7.51. The molecule has 0 radical (unpaired) electrons. The Hall–Kier alpha value is -1.26. The Morgan fingerprint density at radius 2 is 0.800 bits per heavy atom. The van der Waals surface area contributed by atoms with Gasteiger partial charge >= 0.3 is 0 Å². The Balaban J connectivity index is 1.77. The topological polar surface area (TPSA) is 25.8 Å². The van der Waals surface area contributed by atoms with E-state index < -0.39 is 0 Å². The number of rotatable bonds is 23. The van der Waals surface area contributed by atoms with Gasteiger partial charge in [0.15, 0.2) is 0 Å². The number of allylic oxidation sites excluding steroid dienone is 2. The van der Waals surface area contributed by atoms with Crippen LogP contribution in [0.15, 0.2) is 45.4 Å². The first-order valence-corrected chi connectivity index (χ1v) is 17.9. The van der Waals surface area contributed by atoms with Crippen molar-refractivity contribution in [2.24, 2.45) is 0 Å². The maximum atomic E-state index is 4.92. The first kappa shape index (κ1) is 34.9. The summed E-state index contributed by atoms with van der Waals surface area (Å²) in [6, 6.07) is 8.27. The molecule has 2 heterocycles. The maximum Gasteiger partial charge on any atom is 0.0894 e. The van der Waals surface area contributed by atoms with Crippen molar-refractivity contribution in [2.45, 2.75) is 142 Å². The van der Waals surface area contributed by atoms with E-state index in [-0.39, 0.29) is 0 Å². The van der Waals surface area contributed by atoms with Crippen molar-refractivity contribution in [1.82, 2.24) is 9.97 Å². The quantitative estimate of drug-likeness (QED) is 0.110. The molecule has 0 bridgehead atoms. The maximum absolute atomic E-state index is 4.92. The predicted octanol–water partition coefficient (Wildman–Crippen LogP) is 13.5. The number of hydrogen-bond donors (Lipinski definition) is 0. The minimum Gasteiger partial charge on any atom is -0.246 e. The van der Waals surface area contributed by atoms with Crippen LogP contribution in [0.4, 0.5) is 0 Å². The summed E-state index contributed by atoms with van der Waals surface area (Å²) in [7, 11) is 0. The molecule has 2 aromatic rings. The zero-order chi connectivity index (χ0) is 28.7. The van der Waals surface area contributed by atoms with Crippen LogP contribution in [0.5, 0.6) is 0 Å². The molecular formula is C36H54Br2N2. The van der Waals surface area contributed by atoms with Gasteiger partial charge in [-0.2, -0.15) is 0 Å². The lowest BCUT2D eigenvalue weighted by molar-refractivity contribution is 0.566. The zero-order valence-electron chi connectivity index (χ0n) is 25.4. The molecule has 0 spiro atoms. The summed E-state index contributed by atoms with van der Waals surface area (Å²) in [6.07, 6.45) is 35.6. The summed E-state index contributed by atoms with van der Waals surface area (Å²) < 4.78 is 2.05. The molecule has 0 N–H and O–H groups in total. The Morgan fingerprint density at radius 1 is 0.475 bits per heavy atom. The lowest BCUT2D eigenvalue weighted by Crippen LogP contribution is -1.93. The van der Waals surface area contributed by atoms with Crippen molar-refractivity contribution < 1.29 is 0 Å². The molecule has 4 heteroatoms. The summed E-state index contributed by atoms with van der Waals surface area (Å²) in [4.78, 5) is 9.84. The van der Waals surface area contributed by atoms with E-state index in [0.717, 1.165) is 44.6 Å². The summed E-state index contributed by atoms with van der Waals surface area (Å²) >= 11 is 7.37. The molecule has 40 heavy (non-hydrogen) atoms. The van der Waals surface area contributed by atoms with Crippen molar-refractivity contribution in [2.75, 3.05) is 0 Å². The second kappa shape index (κ2) is 23.3. The van der Waals surface area contributed by atoms with Crippen LogP contribution < -0.4 is 0 Å². The second-order valence-corrected chi connectivity index (χ2v) is 12.9. The minimum absolute atomic E-state index is 0.909. The van der Waals surface area contributed by atoms with Crippen molar-refractivity contribution in [1.29, 1.82) is 0 Å². The van der Waals surface area contributed by atoms with E-state index in [9.17, 15) is 0 Å². The van der Waals surface area contributed by atoms with Gasteiger partial charge in [-0.15, -0.1) is 0 Å². The fourth-order valence-electron chi connectivity index (χ4n) is 4.97. The van der Waals surface area contributed by atoms with Gasteiger partial charge < -0.3 is 0 Å². The normalized spacial score (nSPS) is 11.8. The van der Waals surface area contributed by atoms with Crippen molar-refractivity contribution in [3.05, 3.63) is 56.8 Å². The first-order chi connectivity index (χ1) is 19.7. The standard InChI is InChI=1S/C36H54Br2N2/c1-3-5-7-9-11-13-15-17-19-21-23-25-33-31(37)27-29-35(39-33)36-30-28-32(38)34(40-36)26-24-22-20-18-16-14-12-10-8-6-4-2/h23-30H,3-22H2,1-2H3/b25-23+,26-24+. The van der Waals surface area contributed by atoms with Gasteiger partial charge in [0.05, 0.1) is 22.8 Å². The minimum atomic E-state index is 0.909. The molecule has 222 valence electrons. The van der Waals surface area contributed by atoms with E-state index in [2.05, 4.69) is 82.1 Å². The molecule has 0 fully saturated rings. The first-order valence-electron chi connectivity index (χ1n) is 16.3. The summed E-state index contributed by atoms with van der Waals surface area (Å²) in [5.41, 5.74) is 3.76. The fourth-order valence-corrected chi connectivity index (χ4v) is 5.68. The van der Waals surface area contributed by atoms with Crippen LogP contribution in [-0.2, 0) is 0 Å². The largest absolute Gasteiger partial charge is 0.246 e. The number of nitrogens with zero attached hydrogens (tertiary/aromatic N) is 2. The average molecular weight is 675 g/mol. The van der Waals surface area contributed by atoms with Crippen molar-refractivity contribution in [3.8, 4) is 11.4 Å². The number of halogens is 2. The van der Waals surface area contributed by atoms with Gasteiger partial charge in [0, 0.05) is 8.95 Å². The van der Waals surface area contributed by atoms with Crippen LogP contribution in [0.1, 0.15) is 154 Å². The lowest BCUT2D eigenvalue weighted by Gasteiger charge is -2.06. The van der Waals surface area contributed by atoms with E-state index in [0.29, 0.717) is 0 Å². The average Bonchev–Trinajstić information content (AvgIpc) is 2.96. The molecular weight excluding hydrogens is 620 g/mol. The smallest absolute Gasteiger partial charge is 0.0894 e. The van der Waals surface area contributed by atoms with E-state index in [1.54, 1.807) is 0 Å². The molecule has 2 nitrogen and oxygen atoms in total. The zero-order valence-corrected chi connectivity index (χ0v) is 28.6. The van der Waals surface area contributed by atoms with E-state index in [4.69, 9.17) is 9.97 Å². The van der Waals surface area contributed by atoms with Gasteiger partial charge in [-0.1, -0.05) is 129 Å². The highest BCUT2D eigenvalue weighted by molar-refractivity contribution is 9.10. The molecule has 0 aliphatic carbocycles. The molecule has 0 saturated carbocycles. The van der Waals surface area contributed by atoms with Gasteiger partial charge in [-0.25, -0.2) is 9.97 Å². The summed E-state index contributed by atoms with van der Waals surface area (Å²) in [5, 5.41) is 0. The Bertz CT molecular complexity index is 903. The highest BCUT2D eigenvalue weighted by Gasteiger charge is 2.07. The van der Waals surface area contributed by atoms with Crippen molar-refractivity contribution in [3.63, 3.8) is 0 Å². The Kier molecular flexibility index (Phi) is 20.4. The van der Waals surface area contributed by atoms with Crippen LogP contribution >= 0.6 is 31.9 Å². The summed E-state index contributed by atoms with van der Waals surface area (Å²) in [5.74, 6) is 0. The van der Waals surface area contributed by atoms with Crippen LogP contribution in [0.25, 0.3) is 23.5 Å². The van der Waals surface area contributed by atoms with Gasteiger partial charge in [0.1, 0.15) is 0 Å². The Labute approximate surface area is 263 Å². The van der Waals surface area contributed by atoms with Crippen LogP contribution in [-0.4, -0.2) is 9.97 Å². The lowest BCUT2D eigenvalue weighted by atomic mass is 10.1. The van der Waals surface area contributed by atoms with E-state index in [1.165, 1.54) is 116 Å². The van der Waals surface area contributed by atoms with Crippen LogP contribution in [0, 0.1) is 0 Å².